The molecular formula is C15H13Br2NO3. The Morgan fingerprint density at radius 3 is 2.48 bits per heavy atom. The van der Waals surface area contributed by atoms with Gasteiger partial charge in [0.1, 0.15) is 11.5 Å². The van der Waals surface area contributed by atoms with Crippen LogP contribution in [0.1, 0.15) is 15.9 Å². The van der Waals surface area contributed by atoms with E-state index in [1.54, 1.807) is 37.4 Å². The first-order valence-corrected chi connectivity index (χ1v) is 7.58. The molecule has 0 spiro atoms. The van der Waals surface area contributed by atoms with E-state index in [1.165, 1.54) is 7.11 Å². The second-order valence-electron chi connectivity index (χ2n) is 4.22. The van der Waals surface area contributed by atoms with Crippen molar-refractivity contribution in [2.24, 2.45) is 0 Å². The fourth-order valence-electron chi connectivity index (χ4n) is 1.92. The third kappa shape index (κ3) is 3.06. The molecule has 110 valence electrons. The van der Waals surface area contributed by atoms with Crippen LogP contribution in [0, 0.1) is 0 Å². The van der Waals surface area contributed by atoms with Gasteiger partial charge in [-0.3, -0.25) is 4.79 Å². The zero-order chi connectivity index (χ0) is 15.6. The lowest BCUT2D eigenvalue weighted by Gasteiger charge is -2.13. The number of carbonyl (C=O) groups is 1. The first-order valence-electron chi connectivity index (χ1n) is 5.99. The molecule has 0 bridgehead atoms. The van der Waals surface area contributed by atoms with Crippen LogP contribution in [0.2, 0.25) is 0 Å². The number of hydrogen-bond acceptors (Lipinski definition) is 4. The minimum absolute atomic E-state index is 0.194. The summed E-state index contributed by atoms with van der Waals surface area (Å²) in [7, 11) is 3.06. The van der Waals surface area contributed by atoms with Crippen molar-refractivity contribution in [3.63, 3.8) is 0 Å². The number of rotatable bonds is 4. The van der Waals surface area contributed by atoms with Gasteiger partial charge in [0.2, 0.25) is 0 Å². The van der Waals surface area contributed by atoms with Gasteiger partial charge < -0.3 is 15.2 Å². The standard InChI is InChI=1S/C15H13Br2NO3/c1-20-8-6-10(16)13(12(7-8)21-2)15(19)9-4-3-5-11(18)14(9)17/h3-7H,18H2,1-2H3. The van der Waals surface area contributed by atoms with Crippen LogP contribution in [-0.4, -0.2) is 20.0 Å². The van der Waals surface area contributed by atoms with Crippen molar-refractivity contribution in [2.45, 2.75) is 0 Å². The highest BCUT2D eigenvalue weighted by Crippen LogP contribution is 2.36. The Hall–Kier alpha value is -1.53. The van der Waals surface area contributed by atoms with Crippen molar-refractivity contribution in [1.82, 2.24) is 0 Å². The van der Waals surface area contributed by atoms with Gasteiger partial charge >= 0.3 is 0 Å². The van der Waals surface area contributed by atoms with E-state index in [0.717, 1.165) is 0 Å². The maximum atomic E-state index is 12.8. The Morgan fingerprint density at radius 2 is 1.86 bits per heavy atom. The van der Waals surface area contributed by atoms with Crippen LogP contribution in [0.4, 0.5) is 5.69 Å². The molecule has 0 heterocycles. The van der Waals surface area contributed by atoms with Crippen LogP contribution in [0.3, 0.4) is 0 Å². The minimum atomic E-state index is -0.194. The normalized spacial score (nSPS) is 10.3. The fraction of sp³-hybridized carbons (Fsp3) is 0.133. The van der Waals surface area contributed by atoms with Gasteiger partial charge in [0.15, 0.2) is 5.78 Å². The van der Waals surface area contributed by atoms with E-state index in [1.807, 2.05) is 0 Å². The lowest BCUT2D eigenvalue weighted by Crippen LogP contribution is -2.07. The highest BCUT2D eigenvalue weighted by molar-refractivity contribution is 9.11. The molecule has 0 radical (unpaired) electrons. The van der Waals surface area contributed by atoms with Gasteiger partial charge in [0.05, 0.1) is 24.3 Å². The summed E-state index contributed by atoms with van der Waals surface area (Å²) < 4.78 is 11.6. The Bertz CT molecular complexity index is 702. The summed E-state index contributed by atoms with van der Waals surface area (Å²) in [5, 5.41) is 0. The van der Waals surface area contributed by atoms with Crippen LogP contribution >= 0.6 is 31.9 Å². The topological polar surface area (TPSA) is 61.5 Å². The monoisotopic (exact) mass is 413 g/mol. The third-order valence-electron chi connectivity index (χ3n) is 2.98. The molecular weight excluding hydrogens is 402 g/mol. The Balaban J connectivity index is 2.60. The van der Waals surface area contributed by atoms with Crippen molar-refractivity contribution in [1.29, 1.82) is 0 Å². The number of benzene rings is 2. The first kappa shape index (κ1) is 15.9. The Morgan fingerprint density at radius 1 is 1.14 bits per heavy atom. The molecule has 0 aromatic heterocycles. The summed E-state index contributed by atoms with van der Waals surface area (Å²) in [6.45, 7) is 0. The summed E-state index contributed by atoms with van der Waals surface area (Å²) in [5.41, 5.74) is 7.23. The smallest absolute Gasteiger partial charge is 0.199 e. The highest BCUT2D eigenvalue weighted by atomic mass is 79.9. The number of anilines is 1. The van der Waals surface area contributed by atoms with Gasteiger partial charge in [-0.15, -0.1) is 0 Å². The van der Waals surface area contributed by atoms with E-state index in [0.29, 0.717) is 37.3 Å². The lowest BCUT2D eigenvalue weighted by atomic mass is 10.0. The number of ketones is 1. The molecule has 0 aliphatic rings. The summed E-state index contributed by atoms with van der Waals surface area (Å²) in [6.07, 6.45) is 0. The Kier molecular flexibility index (Phi) is 4.90. The zero-order valence-corrected chi connectivity index (χ0v) is 14.6. The SMILES string of the molecule is COc1cc(Br)c(C(=O)c2cccc(N)c2Br)c(OC)c1. The predicted octanol–water partition coefficient (Wildman–Crippen LogP) is 4.04. The number of halogens is 2. The van der Waals surface area contributed by atoms with E-state index < -0.39 is 0 Å². The number of nitrogen functional groups attached to an aromatic ring is 1. The molecule has 0 atom stereocenters. The number of nitrogens with two attached hydrogens (primary N) is 1. The van der Waals surface area contributed by atoms with E-state index in [9.17, 15) is 4.79 Å². The molecule has 0 fully saturated rings. The molecule has 2 rings (SSSR count). The van der Waals surface area contributed by atoms with Crippen molar-refractivity contribution < 1.29 is 14.3 Å². The Labute approximate surface area is 139 Å². The summed E-state index contributed by atoms with van der Waals surface area (Å²) in [5.74, 6) is 0.836. The molecule has 0 saturated heterocycles. The summed E-state index contributed by atoms with van der Waals surface area (Å²) in [4.78, 5) is 12.8. The van der Waals surface area contributed by atoms with Gasteiger partial charge in [0.25, 0.3) is 0 Å². The number of carbonyl (C=O) groups excluding carboxylic acids is 1. The molecule has 0 aliphatic carbocycles. The van der Waals surface area contributed by atoms with Gasteiger partial charge in [-0.05, 0) is 50.1 Å². The minimum Gasteiger partial charge on any atom is -0.497 e. The lowest BCUT2D eigenvalue weighted by molar-refractivity contribution is 0.103. The quantitative estimate of drug-likeness (QED) is 0.605. The van der Waals surface area contributed by atoms with E-state index in [-0.39, 0.29) is 5.78 Å². The van der Waals surface area contributed by atoms with Gasteiger partial charge in [-0.25, -0.2) is 0 Å². The zero-order valence-electron chi connectivity index (χ0n) is 11.4. The number of ether oxygens (including phenoxy) is 2. The van der Waals surface area contributed by atoms with Crippen LogP contribution in [-0.2, 0) is 0 Å². The van der Waals surface area contributed by atoms with Crippen molar-refractivity contribution in [2.75, 3.05) is 20.0 Å². The number of methoxy groups -OCH3 is 2. The number of hydrogen-bond donors (Lipinski definition) is 1. The molecule has 0 aliphatic heterocycles. The average molecular weight is 415 g/mol. The van der Waals surface area contributed by atoms with Crippen LogP contribution in [0.25, 0.3) is 0 Å². The fourth-order valence-corrected chi connectivity index (χ4v) is 2.96. The molecule has 2 N–H and O–H groups in total. The summed E-state index contributed by atoms with van der Waals surface area (Å²) >= 11 is 6.74. The third-order valence-corrected chi connectivity index (χ3v) is 4.49. The molecule has 2 aromatic rings. The second kappa shape index (κ2) is 6.49. The largest absolute Gasteiger partial charge is 0.497 e. The molecule has 4 nitrogen and oxygen atoms in total. The van der Waals surface area contributed by atoms with Crippen LogP contribution in [0.15, 0.2) is 39.3 Å². The average Bonchev–Trinajstić information content (AvgIpc) is 2.48. The summed E-state index contributed by atoms with van der Waals surface area (Å²) in [6, 6.07) is 8.55. The van der Waals surface area contributed by atoms with Crippen LogP contribution < -0.4 is 15.2 Å². The molecule has 0 unspecified atom stereocenters. The van der Waals surface area contributed by atoms with Gasteiger partial charge in [-0.1, -0.05) is 6.07 Å². The first-order chi connectivity index (χ1) is 9.99. The molecule has 0 saturated carbocycles. The van der Waals surface area contributed by atoms with E-state index in [4.69, 9.17) is 15.2 Å². The second-order valence-corrected chi connectivity index (χ2v) is 5.87. The van der Waals surface area contributed by atoms with Gasteiger partial charge in [-0.2, -0.15) is 0 Å². The van der Waals surface area contributed by atoms with E-state index in [2.05, 4.69) is 31.9 Å². The van der Waals surface area contributed by atoms with Crippen LogP contribution in [0.5, 0.6) is 11.5 Å². The molecule has 21 heavy (non-hydrogen) atoms. The van der Waals surface area contributed by atoms with E-state index >= 15 is 0 Å². The van der Waals surface area contributed by atoms with Crippen molar-refractivity contribution in [3.05, 3.63) is 50.4 Å². The van der Waals surface area contributed by atoms with Gasteiger partial charge in [0, 0.05) is 21.8 Å². The maximum Gasteiger partial charge on any atom is 0.199 e. The highest BCUT2D eigenvalue weighted by Gasteiger charge is 2.22. The predicted molar refractivity (Wildman–Crippen MR) is 89.2 cm³/mol. The molecule has 2 aromatic carbocycles. The van der Waals surface area contributed by atoms with Crippen molar-refractivity contribution in [3.8, 4) is 11.5 Å². The molecule has 6 heteroatoms. The molecule has 0 amide bonds. The van der Waals surface area contributed by atoms with Crippen molar-refractivity contribution >= 4 is 43.3 Å². The maximum absolute atomic E-state index is 12.8.